The fraction of sp³-hybridized carbons (Fsp3) is 0.375. The Balaban J connectivity index is 1.54. The minimum Gasteiger partial charge on any atom is -0.340 e. The van der Waals surface area contributed by atoms with Crippen LogP contribution in [0.3, 0.4) is 0 Å². The van der Waals surface area contributed by atoms with E-state index in [2.05, 4.69) is 14.5 Å². The van der Waals surface area contributed by atoms with Crippen molar-refractivity contribution in [2.75, 3.05) is 20.1 Å². The highest BCUT2D eigenvalue weighted by molar-refractivity contribution is 5.78. The number of nitrogens with zero attached hydrogens (tertiary/aromatic N) is 4. The molecule has 5 nitrogen and oxygen atoms in total. The van der Waals surface area contributed by atoms with Gasteiger partial charge in [0.1, 0.15) is 5.82 Å². The third-order valence-electron chi connectivity index (χ3n) is 3.87. The molecule has 1 aromatic heterocycles. The van der Waals surface area contributed by atoms with Gasteiger partial charge < -0.3 is 9.47 Å². The Morgan fingerprint density at radius 1 is 1.29 bits per heavy atom. The SMILES string of the molecule is CN(Cc1ccccc1)C(=O)CN1CCn2ccnc2C1. The predicted octanol–water partition coefficient (Wildman–Crippen LogP) is 1.36. The first kappa shape index (κ1) is 13.8. The van der Waals surface area contributed by atoms with Gasteiger partial charge in [0, 0.05) is 39.1 Å². The number of imidazole rings is 1. The van der Waals surface area contributed by atoms with E-state index in [9.17, 15) is 4.79 Å². The van der Waals surface area contributed by atoms with Crippen LogP contribution in [0, 0.1) is 0 Å². The third-order valence-corrected chi connectivity index (χ3v) is 3.87. The number of rotatable bonds is 4. The Hall–Kier alpha value is -2.14. The van der Waals surface area contributed by atoms with Crippen molar-refractivity contribution < 1.29 is 4.79 Å². The Bertz CT molecular complexity index is 608. The van der Waals surface area contributed by atoms with Gasteiger partial charge in [-0.1, -0.05) is 30.3 Å². The number of likely N-dealkylation sites (N-methyl/N-ethyl adjacent to an activating group) is 1. The van der Waals surface area contributed by atoms with Crippen molar-refractivity contribution in [2.24, 2.45) is 0 Å². The summed E-state index contributed by atoms with van der Waals surface area (Å²) in [5.41, 5.74) is 1.16. The summed E-state index contributed by atoms with van der Waals surface area (Å²) in [5.74, 6) is 1.19. The Kier molecular flexibility index (Phi) is 4.01. The molecule has 0 atom stereocenters. The normalized spacial score (nSPS) is 14.7. The summed E-state index contributed by atoms with van der Waals surface area (Å²) < 4.78 is 2.15. The third kappa shape index (κ3) is 3.31. The maximum atomic E-state index is 12.3. The first-order valence-electron chi connectivity index (χ1n) is 7.22. The molecule has 3 rings (SSSR count). The summed E-state index contributed by atoms with van der Waals surface area (Å²) in [4.78, 5) is 20.6. The van der Waals surface area contributed by atoms with Crippen LogP contribution >= 0.6 is 0 Å². The molecule has 0 radical (unpaired) electrons. The van der Waals surface area contributed by atoms with Gasteiger partial charge in [0.2, 0.25) is 5.91 Å². The van der Waals surface area contributed by atoms with E-state index in [4.69, 9.17) is 0 Å². The Labute approximate surface area is 124 Å². The largest absolute Gasteiger partial charge is 0.340 e. The molecule has 0 saturated carbocycles. The van der Waals surface area contributed by atoms with Crippen molar-refractivity contribution >= 4 is 5.91 Å². The van der Waals surface area contributed by atoms with Gasteiger partial charge in [0.25, 0.3) is 0 Å². The van der Waals surface area contributed by atoms with Crippen LogP contribution in [0.25, 0.3) is 0 Å². The lowest BCUT2D eigenvalue weighted by atomic mass is 10.2. The summed E-state index contributed by atoms with van der Waals surface area (Å²) in [6, 6.07) is 10.1. The molecule has 0 saturated heterocycles. The highest BCUT2D eigenvalue weighted by Crippen LogP contribution is 2.10. The van der Waals surface area contributed by atoms with Crippen molar-refractivity contribution in [1.82, 2.24) is 19.4 Å². The molecular weight excluding hydrogens is 264 g/mol. The number of amides is 1. The summed E-state index contributed by atoms with van der Waals surface area (Å²) >= 11 is 0. The zero-order valence-corrected chi connectivity index (χ0v) is 12.3. The van der Waals surface area contributed by atoms with E-state index >= 15 is 0 Å². The maximum absolute atomic E-state index is 12.3. The van der Waals surface area contributed by atoms with E-state index in [1.54, 1.807) is 4.90 Å². The van der Waals surface area contributed by atoms with Crippen molar-refractivity contribution in [3.05, 3.63) is 54.1 Å². The predicted molar refractivity (Wildman–Crippen MR) is 80.4 cm³/mol. The number of benzene rings is 1. The molecule has 1 aliphatic rings. The monoisotopic (exact) mass is 284 g/mol. The molecule has 21 heavy (non-hydrogen) atoms. The van der Waals surface area contributed by atoms with E-state index in [-0.39, 0.29) is 5.91 Å². The molecule has 0 aliphatic carbocycles. The average Bonchev–Trinajstić information content (AvgIpc) is 2.95. The van der Waals surface area contributed by atoms with Crippen LogP contribution in [0.2, 0.25) is 0 Å². The molecule has 5 heteroatoms. The number of hydrogen-bond acceptors (Lipinski definition) is 3. The number of hydrogen-bond donors (Lipinski definition) is 0. The molecule has 2 heterocycles. The lowest BCUT2D eigenvalue weighted by molar-refractivity contribution is -0.132. The molecule has 0 N–H and O–H groups in total. The fourth-order valence-electron chi connectivity index (χ4n) is 2.62. The second-order valence-corrected chi connectivity index (χ2v) is 5.48. The number of carbonyl (C=O) groups is 1. The summed E-state index contributed by atoms with van der Waals surface area (Å²) in [7, 11) is 1.86. The van der Waals surface area contributed by atoms with Crippen LogP contribution in [-0.2, 0) is 24.4 Å². The minimum atomic E-state index is 0.152. The van der Waals surface area contributed by atoms with Crippen molar-refractivity contribution in [3.8, 4) is 0 Å². The molecule has 0 unspecified atom stereocenters. The molecule has 110 valence electrons. The van der Waals surface area contributed by atoms with Crippen molar-refractivity contribution in [3.63, 3.8) is 0 Å². The second kappa shape index (κ2) is 6.10. The summed E-state index contributed by atoms with van der Waals surface area (Å²) in [6.45, 7) is 3.66. The average molecular weight is 284 g/mol. The van der Waals surface area contributed by atoms with Gasteiger partial charge in [-0.3, -0.25) is 9.69 Å². The summed E-state index contributed by atoms with van der Waals surface area (Å²) in [5, 5.41) is 0. The van der Waals surface area contributed by atoms with Gasteiger partial charge in [-0.15, -0.1) is 0 Å². The zero-order chi connectivity index (χ0) is 14.7. The molecule has 0 bridgehead atoms. The standard InChI is InChI=1S/C16H20N4O/c1-18(11-14-5-3-2-4-6-14)16(21)13-19-9-10-20-8-7-17-15(20)12-19/h2-8H,9-13H2,1H3. The van der Waals surface area contributed by atoms with Crippen LogP contribution in [0.1, 0.15) is 11.4 Å². The smallest absolute Gasteiger partial charge is 0.236 e. The molecular formula is C16H20N4O. The zero-order valence-electron chi connectivity index (χ0n) is 12.3. The van der Waals surface area contributed by atoms with Crippen molar-refractivity contribution in [1.29, 1.82) is 0 Å². The van der Waals surface area contributed by atoms with Crippen LogP contribution in [-0.4, -0.2) is 45.4 Å². The van der Waals surface area contributed by atoms with E-state index in [0.29, 0.717) is 13.1 Å². The van der Waals surface area contributed by atoms with E-state index in [0.717, 1.165) is 31.0 Å². The first-order valence-corrected chi connectivity index (χ1v) is 7.22. The van der Waals surface area contributed by atoms with Gasteiger partial charge in [0.15, 0.2) is 0 Å². The Morgan fingerprint density at radius 3 is 2.90 bits per heavy atom. The lowest BCUT2D eigenvalue weighted by Crippen LogP contribution is -2.41. The molecule has 1 aromatic carbocycles. The molecule has 0 spiro atoms. The highest BCUT2D eigenvalue weighted by Gasteiger charge is 2.20. The molecule has 1 amide bonds. The van der Waals surface area contributed by atoms with Gasteiger partial charge in [0.05, 0.1) is 13.1 Å². The molecule has 0 fully saturated rings. The fourth-order valence-corrected chi connectivity index (χ4v) is 2.62. The van der Waals surface area contributed by atoms with Gasteiger partial charge in [-0.2, -0.15) is 0 Å². The Morgan fingerprint density at radius 2 is 2.10 bits per heavy atom. The topological polar surface area (TPSA) is 41.4 Å². The summed E-state index contributed by atoms with van der Waals surface area (Å²) in [6.07, 6.45) is 3.82. The van der Waals surface area contributed by atoms with Crippen LogP contribution in [0.4, 0.5) is 0 Å². The van der Waals surface area contributed by atoms with E-state index in [1.807, 2.05) is 49.8 Å². The highest BCUT2D eigenvalue weighted by atomic mass is 16.2. The lowest BCUT2D eigenvalue weighted by Gasteiger charge is -2.28. The van der Waals surface area contributed by atoms with Gasteiger partial charge >= 0.3 is 0 Å². The van der Waals surface area contributed by atoms with E-state index in [1.165, 1.54) is 0 Å². The van der Waals surface area contributed by atoms with E-state index < -0.39 is 0 Å². The molecule has 2 aromatic rings. The number of aromatic nitrogens is 2. The van der Waals surface area contributed by atoms with Crippen LogP contribution in [0.15, 0.2) is 42.7 Å². The minimum absolute atomic E-state index is 0.152. The first-order chi connectivity index (χ1) is 10.2. The molecule has 1 aliphatic heterocycles. The second-order valence-electron chi connectivity index (χ2n) is 5.48. The quantitative estimate of drug-likeness (QED) is 0.851. The van der Waals surface area contributed by atoms with Crippen LogP contribution < -0.4 is 0 Å². The number of fused-ring (bicyclic) bond motifs is 1. The van der Waals surface area contributed by atoms with Gasteiger partial charge in [-0.25, -0.2) is 4.98 Å². The van der Waals surface area contributed by atoms with Gasteiger partial charge in [-0.05, 0) is 5.56 Å². The number of carbonyl (C=O) groups excluding carboxylic acids is 1. The maximum Gasteiger partial charge on any atom is 0.236 e. The van der Waals surface area contributed by atoms with Crippen molar-refractivity contribution in [2.45, 2.75) is 19.6 Å². The van der Waals surface area contributed by atoms with Crippen LogP contribution in [0.5, 0.6) is 0 Å².